The molecule has 0 unspecified atom stereocenters. The van der Waals surface area contributed by atoms with Gasteiger partial charge in [-0.25, -0.2) is 9.18 Å². The molecule has 0 aliphatic carbocycles. The summed E-state index contributed by atoms with van der Waals surface area (Å²) >= 11 is 0. The number of methoxy groups -OCH3 is 1. The molecule has 0 fully saturated rings. The van der Waals surface area contributed by atoms with E-state index < -0.39 is 23.5 Å². The van der Waals surface area contributed by atoms with Gasteiger partial charge in [-0.1, -0.05) is 37.5 Å². The lowest BCUT2D eigenvalue weighted by atomic mass is 10.0. The van der Waals surface area contributed by atoms with Crippen molar-refractivity contribution in [1.82, 2.24) is 4.98 Å². The van der Waals surface area contributed by atoms with E-state index in [9.17, 15) is 22.4 Å². The van der Waals surface area contributed by atoms with E-state index in [1.54, 1.807) is 6.20 Å². The smallest absolute Gasteiger partial charge is 0.416 e. The Bertz CT molecular complexity index is 1100. The third-order valence-corrected chi connectivity index (χ3v) is 5.55. The van der Waals surface area contributed by atoms with Crippen molar-refractivity contribution < 1.29 is 31.8 Å². The van der Waals surface area contributed by atoms with Crippen LogP contribution < -0.4 is 4.74 Å². The summed E-state index contributed by atoms with van der Waals surface area (Å²) in [7, 11) is 1.24. The lowest BCUT2D eigenvalue weighted by molar-refractivity contribution is -0.137. The van der Waals surface area contributed by atoms with E-state index in [0.717, 1.165) is 62.3 Å². The number of hydrogen-bond acceptors (Lipinski definition) is 4. The van der Waals surface area contributed by atoms with E-state index in [4.69, 9.17) is 4.74 Å². The molecule has 0 N–H and O–H groups in total. The molecular formula is C27H27F4NO3. The Balaban J connectivity index is 1.32. The second-order valence-corrected chi connectivity index (χ2v) is 8.13. The zero-order valence-corrected chi connectivity index (χ0v) is 19.4. The van der Waals surface area contributed by atoms with Crippen LogP contribution in [0.5, 0.6) is 5.75 Å². The summed E-state index contributed by atoms with van der Waals surface area (Å²) in [6, 6.07) is 12.8. The second kappa shape index (κ2) is 12.3. The van der Waals surface area contributed by atoms with Crippen LogP contribution in [-0.4, -0.2) is 24.7 Å². The van der Waals surface area contributed by atoms with E-state index in [1.165, 1.54) is 31.4 Å². The minimum Gasteiger partial charge on any atom is -0.491 e. The first-order valence-electron chi connectivity index (χ1n) is 11.4. The van der Waals surface area contributed by atoms with Gasteiger partial charge in [-0.05, 0) is 61.2 Å². The predicted molar refractivity (Wildman–Crippen MR) is 125 cm³/mol. The van der Waals surface area contributed by atoms with Crippen LogP contribution in [-0.2, 0) is 17.3 Å². The van der Waals surface area contributed by atoms with E-state index in [2.05, 4.69) is 9.72 Å². The van der Waals surface area contributed by atoms with Gasteiger partial charge in [-0.2, -0.15) is 13.2 Å². The average Bonchev–Trinajstić information content (AvgIpc) is 2.86. The molecule has 0 radical (unpaired) electrons. The summed E-state index contributed by atoms with van der Waals surface area (Å²) in [5.41, 5.74) is 1.83. The topological polar surface area (TPSA) is 48.4 Å². The molecule has 0 spiro atoms. The molecule has 4 nitrogen and oxygen atoms in total. The van der Waals surface area contributed by atoms with Gasteiger partial charge in [-0.3, -0.25) is 4.98 Å². The molecule has 3 aromatic rings. The number of esters is 1. The van der Waals surface area contributed by atoms with Gasteiger partial charge in [-0.15, -0.1) is 0 Å². The number of halogens is 4. The zero-order chi connectivity index (χ0) is 25.3. The summed E-state index contributed by atoms with van der Waals surface area (Å²) in [6.45, 7) is 0.393. The number of aromatic nitrogens is 1. The lowest BCUT2D eigenvalue weighted by Crippen LogP contribution is -2.04. The Labute approximate surface area is 201 Å². The predicted octanol–water partition coefficient (Wildman–Crippen LogP) is 7.27. The Kier molecular flexibility index (Phi) is 9.23. The number of rotatable bonds is 11. The van der Waals surface area contributed by atoms with Crippen molar-refractivity contribution in [2.24, 2.45) is 0 Å². The largest absolute Gasteiger partial charge is 0.491 e. The highest BCUT2D eigenvalue weighted by atomic mass is 19.4. The maximum atomic E-state index is 14.0. The number of carbonyl (C=O) groups is 1. The van der Waals surface area contributed by atoms with E-state index >= 15 is 0 Å². The van der Waals surface area contributed by atoms with Gasteiger partial charge < -0.3 is 9.47 Å². The van der Waals surface area contributed by atoms with Crippen molar-refractivity contribution in [2.45, 2.75) is 44.7 Å². The molecule has 0 aliphatic rings. The van der Waals surface area contributed by atoms with Crippen LogP contribution in [0.3, 0.4) is 0 Å². The molecule has 0 bridgehead atoms. The first-order chi connectivity index (χ1) is 16.8. The first kappa shape index (κ1) is 26.2. The Morgan fingerprint density at radius 1 is 0.914 bits per heavy atom. The van der Waals surface area contributed by atoms with Crippen LogP contribution in [0.15, 0.2) is 60.8 Å². The molecule has 0 amide bonds. The molecule has 0 atom stereocenters. The SMILES string of the molecule is COC(=O)c1ccc(OCCCCCCCc2ccc(-c3ccc(C(F)(F)F)cc3)nc2)c(F)c1. The summed E-state index contributed by atoms with van der Waals surface area (Å²) in [5, 5.41) is 0. The van der Waals surface area contributed by atoms with Gasteiger partial charge in [0.1, 0.15) is 0 Å². The van der Waals surface area contributed by atoms with Gasteiger partial charge in [0.15, 0.2) is 11.6 Å². The number of alkyl halides is 3. The van der Waals surface area contributed by atoms with Gasteiger partial charge >= 0.3 is 12.1 Å². The summed E-state index contributed by atoms with van der Waals surface area (Å²) in [4.78, 5) is 15.8. The lowest BCUT2D eigenvalue weighted by Gasteiger charge is -2.09. The van der Waals surface area contributed by atoms with Gasteiger partial charge in [0, 0.05) is 11.8 Å². The quantitative estimate of drug-likeness (QED) is 0.162. The number of pyridine rings is 1. The van der Waals surface area contributed by atoms with Crippen molar-refractivity contribution in [3.63, 3.8) is 0 Å². The number of unbranched alkanes of at least 4 members (excludes halogenated alkanes) is 4. The summed E-state index contributed by atoms with van der Waals surface area (Å²) in [5.74, 6) is -1.07. The van der Waals surface area contributed by atoms with Crippen LogP contribution in [0, 0.1) is 5.82 Å². The molecule has 0 aliphatic heterocycles. The molecule has 0 saturated heterocycles. The van der Waals surface area contributed by atoms with Gasteiger partial charge in [0.25, 0.3) is 0 Å². The molecule has 0 saturated carbocycles. The molecule has 1 heterocycles. The highest BCUT2D eigenvalue weighted by Crippen LogP contribution is 2.30. The standard InChI is InChI=1S/C27H27F4NO3/c1-34-26(33)21-11-15-25(23(28)17-21)35-16-6-4-2-3-5-7-19-8-14-24(32-18-19)20-9-12-22(13-10-20)27(29,30)31/h8-15,17-18H,2-7,16H2,1H3. The molecule has 8 heteroatoms. The van der Waals surface area contributed by atoms with Gasteiger partial charge in [0.05, 0.1) is 30.5 Å². The third kappa shape index (κ3) is 7.80. The normalized spacial score (nSPS) is 11.3. The minimum absolute atomic E-state index is 0.116. The van der Waals surface area contributed by atoms with Crippen LogP contribution in [0.4, 0.5) is 17.6 Å². The van der Waals surface area contributed by atoms with Gasteiger partial charge in [0.2, 0.25) is 0 Å². The Morgan fingerprint density at radius 3 is 2.26 bits per heavy atom. The van der Waals surface area contributed by atoms with Crippen molar-refractivity contribution in [1.29, 1.82) is 0 Å². The van der Waals surface area contributed by atoms with Crippen LogP contribution in [0.2, 0.25) is 0 Å². The monoisotopic (exact) mass is 489 g/mol. The van der Waals surface area contributed by atoms with Crippen LogP contribution in [0.1, 0.15) is 53.6 Å². The number of hydrogen-bond donors (Lipinski definition) is 0. The second-order valence-electron chi connectivity index (χ2n) is 8.13. The van der Waals surface area contributed by atoms with E-state index in [1.807, 2.05) is 12.1 Å². The molecular weight excluding hydrogens is 462 g/mol. The molecule has 1 aromatic heterocycles. The highest BCUT2D eigenvalue weighted by molar-refractivity contribution is 5.89. The van der Waals surface area contributed by atoms with E-state index in [0.29, 0.717) is 17.9 Å². The minimum atomic E-state index is -4.35. The molecule has 35 heavy (non-hydrogen) atoms. The average molecular weight is 490 g/mol. The summed E-state index contributed by atoms with van der Waals surface area (Å²) in [6.07, 6.45) is 3.07. The third-order valence-electron chi connectivity index (χ3n) is 5.55. The number of carbonyl (C=O) groups excluding carboxylic acids is 1. The fourth-order valence-corrected chi connectivity index (χ4v) is 3.58. The Hall–Kier alpha value is -3.42. The number of benzene rings is 2. The van der Waals surface area contributed by atoms with Crippen LogP contribution in [0.25, 0.3) is 11.3 Å². The summed E-state index contributed by atoms with van der Waals surface area (Å²) < 4.78 is 62.1. The highest BCUT2D eigenvalue weighted by Gasteiger charge is 2.30. The fraction of sp³-hybridized carbons (Fsp3) is 0.333. The number of aryl methyl sites for hydroxylation is 1. The maximum absolute atomic E-state index is 14.0. The fourth-order valence-electron chi connectivity index (χ4n) is 3.58. The molecule has 2 aromatic carbocycles. The first-order valence-corrected chi connectivity index (χ1v) is 11.4. The van der Waals surface area contributed by atoms with Crippen molar-refractivity contribution >= 4 is 5.97 Å². The van der Waals surface area contributed by atoms with Crippen LogP contribution >= 0.6 is 0 Å². The molecule has 3 rings (SSSR count). The number of ether oxygens (including phenoxy) is 2. The number of nitrogens with zero attached hydrogens (tertiary/aromatic N) is 1. The molecule has 186 valence electrons. The van der Waals surface area contributed by atoms with Crippen molar-refractivity contribution in [2.75, 3.05) is 13.7 Å². The maximum Gasteiger partial charge on any atom is 0.416 e. The Morgan fingerprint density at radius 2 is 1.63 bits per heavy atom. The van der Waals surface area contributed by atoms with Crippen molar-refractivity contribution in [3.05, 3.63) is 83.3 Å². The van der Waals surface area contributed by atoms with Crippen molar-refractivity contribution in [3.8, 4) is 17.0 Å². The van der Waals surface area contributed by atoms with E-state index in [-0.39, 0.29) is 11.3 Å². The zero-order valence-electron chi connectivity index (χ0n) is 19.4.